The fourth-order valence-electron chi connectivity index (χ4n) is 1.68. The number of esters is 1. The van der Waals surface area contributed by atoms with Gasteiger partial charge in [-0.2, -0.15) is 0 Å². The number of ether oxygens (including phenoxy) is 1. The van der Waals surface area contributed by atoms with Gasteiger partial charge in [-0.15, -0.1) is 0 Å². The maximum absolute atomic E-state index is 12.0. The molecule has 0 saturated carbocycles. The summed E-state index contributed by atoms with van der Waals surface area (Å²) in [6.07, 6.45) is 0.918. The number of carbonyl (C=O) groups excluding carboxylic acids is 1. The molecule has 3 nitrogen and oxygen atoms in total. The number of rotatable bonds is 7. The highest BCUT2D eigenvalue weighted by Crippen LogP contribution is 2.21. The molecule has 0 N–H and O–H groups in total. The molecule has 0 aliphatic heterocycles. The molecule has 0 rings (SSSR count). The molecule has 0 amide bonds. The number of carbonyl (C=O) groups is 1. The van der Waals surface area contributed by atoms with E-state index in [0.717, 1.165) is 17.4 Å². The monoisotopic (exact) mass is 244 g/mol. The predicted octanol–water partition coefficient (Wildman–Crippen LogP) is 2.55. The first kappa shape index (κ1) is 16.4. The third-order valence-electron chi connectivity index (χ3n) is 2.84. The zero-order chi connectivity index (χ0) is 13.6. The van der Waals surface area contributed by atoms with E-state index in [0.29, 0.717) is 18.4 Å². The molecule has 0 bridgehead atoms. The molecule has 0 aromatic carbocycles. The molecule has 0 aliphatic carbocycles. The van der Waals surface area contributed by atoms with E-state index >= 15 is 0 Å². The third-order valence-corrected chi connectivity index (χ3v) is 2.84. The van der Waals surface area contributed by atoms with Gasteiger partial charge in [-0.3, -0.25) is 4.79 Å². The van der Waals surface area contributed by atoms with Crippen LogP contribution in [0.25, 0.3) is 0 Å². The molecule has 0 radical (unpaired) electrons. The van der Waals surface area contributed by atoms with Gasteiger partial charge in [-0.1, -0.05) is 27.7 Å². The van der Waals surface area contributed by atoms with Gasteiger partial charge in [-0.05, 0) is 18.3 Å². The van der Waals surface area contributed by atoms with E-state index in [-0.39, 0.29) is 11.9 Å². The van der Waals surface area contributed by atoms with E-state index in [1.807, 2.05) is 0 Å². The van der Waals surface area contributed by atoms with Gasteiger partial charge in [0.1, 0.15) is 13.2 Å². The van der Waals surface area contributed by atoms with E-state index in [9.17, 15) is 4.79 Å². The smallest absolute Gasteiger partial charge is 0.309 e. The molecule has 0 heterocycles. The summed E-state index contributed by atoms with van der Waals surface area (Å²) in [4.78, 5) is 12.0. The quantitative estimate of drug-likeness (QED) is 0.508. The Morgan fingerprint density at radius 3 is 2.00 bits per heavy atom. The Balaban J connectivity index is 4.16. The molecule has 17 heavy (non-hydrogen) atoms. The van der Waals surface area contributed by atoms with Crippen LogP contribution in [0.1, 0.15) is 34.1 Å². The van der Waals surface area contributed by atoms with Gasteiger partial charge >= 0.3 is 5.97 Å². The average molecular weight is 244 g/mol. The maximum atomic E-state index is 12.0. The van der Waals surface area contributed by atoms with Crippen LogP contribution in [0.15, 0.2) is 0 Å². The number of hydrogen-bond donors (Lipinski definition) is 0. The summed E-state index contributed by atoms with van der Waals surface area (Å²) in [5, 5.41) is 0. The largest absolute Gasteiger partial charge is 0.459 e. The summed E-state index contributed by atoms with van der Waals surface area (Å²) in [6, 6.07) is 0. The fourth-order valence-corrected chi connectivity index (χ4v) is 1.68. The van der Waals surface area contributed by atoms with Crippen LogP contribution < -0.4 is 0 Å². The highest BCUT2D eigenvalue weighted by Gasteiger charge is 2.25. The first-order valence-corrected chi connectivity index (χ1v) is 6.60. The van der Waals surface area contributed by atoms with Gasteiger partial charge in [0.25, 0.3) is 0 Å². The molecule has 0 spiro atoms. The van der Waals surface area contributed by atoms with E-state index < -0.39 is 0 Å². The molecule has 0 saturated heterocycles. The molecule has 3 heteroatoms. The zero-order valence-electron chi connectivity index (χ0n) is 12.6. The molecule has 0 fully saturated rings. The van der Waals surface area contributed by atoms with Crippen LogP contribution in [-0.2, 0) is 9.53 Å². The lowest BCUT2D eigenvalue weighted by Gasteiger charge is -2.25. The number of hydrogen-bond acceptors (Lipinski definition) is 2. The Hall–Kier alpha value is -0.570. The molecule has 1 atom stereocenters. The second-order valence-electron chi connectivity index (χ2n) is 6.66. The maximum Gasteiger partial charge on any atom is 0.309 e. The van der Waals surface area contributed by atoms with Crippen molar-refractivity contribution < 1.29 is 14.0 Å². The molecule has 0 aromatic rings. The number of quaternary nitrogens is 1. The minimum atomic E-state index is -0.0258. The van der Waals surface area contributed by atoms with Crippen molar-refractivity contribution >= 4 is 5.97 Å². The summed E-state index contributed by atoms with van der Waals surface area (Å²) in [5.41, 5.74) is 0. The summed E-state index contributed by atoms with van der Waals surface area (Å²) in [7, 11) is 6.30. The molecular formula is C14H30NO2+. The van der Waals surface area contributed by atoms with Crippen molar-refractivity contribution in [2.45, 2.75) is 34.1 Å². The normalized spacial score (nSPS) is 14.2. The van der Waals surface area contributed by atoms with Gasteiger partial charge in [0, 0.05) is 0 Å². The van der Waals surface area contributed by atoms with Crippen molar-refractivity contribution in [2.24, 2.45) is 17.8 Å². The van der Waals surface area contributed by atoms with Crippen molar-refractivity contribution in [3.05, 3.63) is 0 Å². The number of likely N-dealkylation sites (N-methyl/N-ethyl adjacent to an activating group) is 1. The number of nitrogens with zero attached hydrogens (tertiary/aromatic N) is 1. The van der Waals surface area contributed by atoms with Crippen molar-refractivity contribution in [3.8, 4) is 0 Å². The fraction of sp³-hybridized carbons (Fsp3) is 0.929. The van der Waals surface area contributed by atoms with E-state index in [1.165, 1.54) is 0 Å². The average Bonchev–Trinajstić information content (AvgIpc) is 2.11. The van der Waals surface area contributed by atoms with Gasteiger partial charge in [0.05, 0.1) is 27.1 Å². The van der Waals surface area contributed by atoms with Gasteiger partial charge in [0.2, 0.25) is 0 Å². The highest BCUT2D eigenvalue weighted by atomic mass is 16.5. The molecular weight excluding hydrogens is 214 g/mol. The second-order valence-corrected chi connectivity index (χ2v) is 6.66. The minimum Gasteiger partial charge on any atom is -0.459 e. The van der Waals surface area contributed by atoms with Crippen LogP contribution in [0.2, 0.25) is 0 Å². The van der Waals surface area contributed by atoms with Crippen LogP contribution >= 0.6 is 0 Å². The summed E-state index contributed by atoms with van der Waals surface area (Å²) < 4.78 is 6.21. The van der Waals surface area contributed by atoms with Crippen LogP contribution in [-0.4, -0.2) is 44.7 Å². The first-order chi connectivity index (χ1) is 7.63. The van der Waals surface area contributed by atoms with Crippen molar-refractivity contribution in [1.29, 1.82) is 0 Å². The Morgan fingerprint density at radius 1 is 1.12 bits per heavy atom. The molecule has 102 valence electrons. The molecule has 0 aliphatic rings. The zero-order valence-corrected chi connectivity index (χ0v) is 12.6. The third kappa shape index (κ3) is 8.19. The second kappa shape index (κ2) is 7.00. The van der Waals surface area contributed by atoms with Crippen molar-refractivity contribution in [2.75, 3.05) is 34.3 Å². The summed E-state index contributed by atoms with van der Waals surface area (Å²) in [6.45, 7) is 9.85. The summed E-state index contributed by atoms with van der Waals surface area (Å²) >= 11 is 0. The Morgan fingerprint density at radius 2 is 1.65 bits per heavy atom. The lowest BCUT2D eigenvalue weighted by Crippen LogP contribution is -2.38. The van der Waals surface area contributed by atoms with Crippen LogP contribution in [0.5, 0.6) is 0 Å². The van der Waals surface area contributed by atoms with Gasteiger partial charge < -0.3 is 9.22 Å². The van der Waals surface area contributed by atoms with Crippen LogP contribution in [0.4, 0.5) is 0 Å². The van der Waals surface area contributed by atoms with Crippen molar-refractivity contribution in [3.63, 3.8) is 0 Å². The highest BCUT2D eigenvalue weighted by molar-refractivity contribution is 5.72. The lowest BCUT2D eigenvalue weighted by molar-refractivity contribution is -0.870. The Labute approximate surface area is 107 Å². The lowest BCUT2D eigenvalue weighted by atomic mass is 9.88. The topological polar surface area (TPSA) is 26.3 Å². The Kier molecular flexibility index (Phi) is 6.76. The van der Waals surface area contributed by atoms with E-state index in [4.69, 9.17) is 4.74 Å². The van der Waals surface area contributed by atoms with Gasteiger partial charge in [-0.25, -0.2) is 0 Å². The van der Waals surface area contributed by atoms with Crippen LogP contribution in [0, 0.1) is 17.8 Å². The first-order valence-electron chi connectivity index (χ1n) is 6.60. The standard InChI is InChI=1S/C14H30NO2/c1-11(2)10-13(12(3)4)14(16)17-9-8-15(5,6)7/h11-13H,8-10H2,1-7H3/q+1. The van der Waals surface area contributed by atoms with E-state index in [2.05, 4.69) is 48.8 Å². The Bertz CT molecular complexity index is 229. The van der Waals surface area contributed by atoms with Crippen molar-refractivity contribution in [1.82, 2.24) is 0 Å². The predicted molar refractivity (Wildman–Crippen MR) is 71.6 cm³/mol. The molecule has 0 aromatic heterocycles. The summed E-state index contributed by atoms with van der Waals surface area (Å²) in [5.74, 6) is 0.909. The minimum absolute atomic E-state index is 0.0258. The SMILES string of the molecule is CC(C)CC(C(=O)OCC[N+](C)(C)C)C(C)C. The van der Waals surface area contributed by atoms with E-state index in [1.54, 1.807) is 0 Å². The van der Waals surface area contributed by atoms with Crippen LogP contribution in [0.3, 0.4) is 0 Å². The van der Waals surface area contributed by atoms with Gasteiger partial charge in [0.15, 0.2) is 0 Å². The molecule has 1 unspecified atom stereocenters.